The molecule has 0 unspecified atom stereocenters. The van der Waals surface area contributed by atoms with Crippen molar-refractivity contribution >= 4 is 16.7 Å². The monoisotopic (exact) mass is 325 g/mol. The van der Waals surface area contributed by atoms with E-state index in [0.717, 1.165) is 22.2 Å². The summed E-state index contributed by atoms with van der Waals surface area (Å²) in [5.74, 6) is 0.165. The number of nitrogens with zero attached hydrogens (tertiary/aromatic N) is 2. The van der Waals surface area contributed by atoms with Gasteiger partial charge in [0.05, 0.1) is 11.0 Å². The zero-order valence-electron chi connectivity index (χ0n) is 14.5. The SMILES string of the molecule is Cn1c(=O)n(CC(C)(C)C)c2ccc(-c3cc(O)ccc3N)cc21. The lowest BCUT2D eigenvalue weighted by Gasteiger charge is -2.18. The third-order valence-corrected chi connectivity index (χ3v) is 4.13. The van der Waals surface area contributed by atoms with Gasteiger partial charge in [0.25, 0.3) is 0 Å². The van der Waals surface area contributed by atoms with Gasteiger partial charge in [0.2, 0.25) is 0 Å². The highest BCUT2D eigenvalue weighted by Gasteiger charge is 2.18. The maximum absolute atomic E-state index is 12.6. The number of aryl methyl sites for hydroxylation is 1. The molecule has 0 aliphatic rings. The summed E-state index contributed by atoms with van der Waals surface area (Å²) < 4.78 is 3.47. The summed E-state index contributed by atoms with van der Waals surface area (Å²) in [4.78, 5) is 12.6. The lowest BCUT2D eigenvalue weighted by atomic mass is 9.97. The molecule has 0 amide bonds. The Balaban J connectivity index is 2.21. The van der Waals surface area contributed by atoms with Gasteiger partial charge in [0.1, 0.15) is 5.75 Å². The molecule has 3 N–H and O–H groups in total. The fourth-order valence-corrected chi connectivity index (χ4v) is 3.00. The maximum atomic E-state index is 12.6. The van der Waals surface area contributed by atoms with Crippen LogP contribution >= 0.6 is 0 Å². The number of nitrogen functional groups attached to an aromatic ring is 1. The first-order chi connectivity index (χ1) is 11.2. The number of aromatic nitrogens is 2. The van der Waals surface area contributed by atoms with Gasteiger partial charge < -0.3 is 10.8 Å². The van der Waals surface area contributed by atoms with E-state index in [1.54, 1.807) is 29.8 Å². The fraction of sp³-hybridized carbons (Fsp3) is 0.316. The summed E-state index contributed by atoms with van der Waals surface area (Å²) >= 11 is 0. The van der Waals surface area contributed by atoms with E-state index in [2.05, 4.69) is 20.8 Å². The summed E-state index contributed by atoms with van der Waals surface area (Å²) in [6.45, 7) is 6.98. The van der Waals surface area contributed by atoms with Gasteiger partial charge in [-0.05, 0) is 41.3 Å². The van der Waals surface area contributed by atoms with Gasteiger partial charge in [-0.15, -0.1) is 0 Å². The Morgan fingerprint density at radius 1 is 1.08 bits per heavy atom. The molecule has 3 rings (SSSR count). The van der Waals surface area contributed by atoms with E-state index in [-0.39, 0.29) is 16.9 Å². The first-order valence-electron chi connectivity index (χ1n) is 7.95. The van der Waals surface area contributed by atoms with Crippen LogP contribution in [0.5, 0.6) is 5.75 Å². The van der Waals surface area contributed by atoms with Crippen LogP contribution < -0.4 is 11.4 Å². The predicted molar refractivity (Wildman–Crippen MR) is 98.1 cm³/mol. The lowest BCUT2D eigenvalue weighted by molar-refractivity contribution is 0.342. The van der Waals surface area contributed by atoms with Gasteiger partial charge in [0, 0.05) is 24.8 Å². The number of rotatable bonds is 2. The molecule has 1 heterocycles. The Bertz CT molecular complexity index is 975. The number of benzene rings is 2. The van der Waals surface area contributed by atoms with Gasteiger partial charge in [-0.25, -0.2) is 4.79 Å². The number of phenols is 1. The molecule has 0 aliphatic heterocycles. The Kier molecular flexibility index (Phi) is 3.67. The number of nitrogens with two attached hydrogens (primary N) is 1. The Morgan fingerprint density at radius 2 is 1.79 bits per heavy atom. The first kappa shape index (κ1) is 16.2. The largest absolute Gasteiger partial charge is 0.508 e. The van der Waals surface area contributed by atoms with E-state index in [1.165, 1.54) is 0 Å². The number of fused-ring (bicyclic) bond motifs is 1. The van der Waals surface area contributed by atoms with Gasteiger partial charge >= 0.3 is 5.69 Å². The normalized spacial score (nSPS) is 12.0. The number of anilines is 1. The summed E-state index contributed by atoms with van der Waals surface area (Å²) in [5, 5.41) is 9.73. The maximum Gasteiger partial charge on any atom is 0.328 e. The number of hydrogen-bond donors (Lipinski definition) is 2. The summed E-state index contributed by atoms with van der Waals surface area (Å²) in [7, 11) is 1.78. The van der Waals surface area contributed by atoms with E-state index in [0.29, 0.717) is 12.2 Å². The van der Waals surface area contributed by atoms with Crippen LogP contribution in [-0.2, 0) is 13.6 Å². The zero-order chi connectivity index (χ0) is 17.6. The van der Waals surface area contributed by atoms with Crippen molar-refractivity contribution in [3.8, 4) is 16.9 Å². The molecule has 2 aromatic carbocycles. The minimum absolute atomic E-state index is 0.00638. The van der Waals surface area contributed by atoms with E-state index in [9.17, 15) is 9.90 Å². The smallest absolute Gasteiger partial charge is 0.328 e. The minimum atomic E-state index is -0.0269. The van der Waals surface area contributed by atoms with Crippen molar-refractivity contribution in [2.24, 2.45) is 12.5 Å². The molecule has 0 radical (unpaired) electrons. The second-order valence-corrected chi connectivity index (χ2v) is 7.46. The molecule has 5 heteroatoms. The summed E-state index contributed by atoms with van der Waals surface area (Å²) in [6.07, 6.45) is 0. The number of hydrogen-bond acceptors (Lipinski definition) is 3. The standard InChI is InChI=1S/C19H23N3O2/c1-19(2,3)11-22-16-8-5-12(9-17(16)21(4)18(22)24)14-10-13(23)6-7-15(14)20/h5-10,23H,11,20H2,1-4H3. The number of aromatic hydroxyl groups is 1. The van der Waals surface area contributed by atoms with Crippen molar-refractivity contribution in [3.05, 3.63) is 46.9 Å². The third kappa shape index (κ3) is 2.77. The van der Waals surface area contributed by atoms with Crippen molar-refractivity contribution in [3.63, 3.8) is 0 Å². The molecule has 0 aliphatic carbocycles. The van der Waals surface area contributed by atoms with Crippen LogP contribution in [0.2, 0.25) is 0 Å². The van der Waals surface area contributed by atoms with Crippen molar-refractivity contribution in [2.75, 3.05) is 5.73 Å². The van der Waals surface area contributed by atoms with Gasteiger partial charge in [-0.2, -0.15) is 0 Å². The number of imidazole rings is 1. The molecule has 0 spiro atoms. The van der Waals surface area contributed by atoms with E-state index < -0.39 is 0 Å². The highest BCUT2D eigenvalue weighted by atomic mass is 16.3. The average molecular weight is 325 g/mol. The molecule has 0 saturated heterocycles. The van der Waals surface area contributed by atoms with Crippen LogP contribution in [0.25, 0.3) is 22.2 Å². The topological polar surface area (TPSA) is 73.2 Å². The van der Waals surface area contributed by atoms with Crippen LogP contribution in [-0.4, -0.2) is 14.2 Å². The van der Waals surface area contributed by atoms with E-state index in [1.807, 2.05) is 22.8 Å². The molecule has 5 nitrogen and oxygen atoms in total. The van der Waals surface area contributed by atoms with Crippen LogP contribution in [0, 0.1) is 5.41 Å². The van der Waals surface area contributed by atoms with Gasteiger partial charge in [-0.3, -0.25) is 9.13 Å². The second-order valence-electron chi connectivity index (χ2n) is 7.46. The van der Waals surface area contributed by atoms with Crippen molar-refractivity contribution in [1.82, 2.24) is 9.13 Å². The Morgan fingerprint density at radius 3 is 2.46 bits per heavy atom. The molecule has 0 atom stereocenters. The van der Waals surface area contributed by atoms with E-state index >= 15 is 0 Å². The van der Waals surface area contributed by atoms with Crippen LogP contribution in [0.4, 0.5) is 5.69 Å². The van der Waals surface area contributed by atoms with Crippen LogP contribution in [0.1, 0.15) is 20.8 Å². The third-order valence-electron chi connectivity index (χ3n) is 4.13. The zero-order valence-corrected chi connectivity index (χ0v) is 14.5. The minimum Gasteiger partial charge on any atom is -0.508 e. The summed E-state index contributed by atoms with van der Waals surface area (Å²) in [6, 6.07) is 10.7. The molecule has 24 heavy (non-hydrogen) atoms. The van der Waals surface area contributed by atoms with Crippen LogP contribution in [0.3, 0.4) is 0 Å². The molecule has 3 aromatic rings. The molecule has 126 valence electrons. The molecule has 0 bridgehead atoms. The molecular weight excluding hydrogens is 302 g/mol. The highest BCUT2D eigenvalue weighted by Crippen LogP contribution is 2.31. The van der Waals surface area contributed by atoms with Gasteiger partial charge in [-0.1, -0.05) is 26.8 Å². The fourth-order valence-electron chi connectivity index (χ4n) is 3.00. The summed E-state index contributed by atoms with van der Waals surface area (Å²) in [5.41, 5.74) is 9.99. The van der Waals surface area contributed by atoms with Crippen molar-refractivity contribution < 1.29 is 5.11 Å². The highest BCUT2D eigenvalue weighted by molar-refractivity contribution is 5.86. The van der Waals surface area contributed by atoms with Crippen LogP contribution in [0.15, 0.2) is 41.2 Å². The molecule has 1 aromatic heterocycles. The quantitative estimate of drug-likeness (QED) is 0.560. The molecule has 0 fully saturated rings. The second kappa shape index (κ2) is 5.44. The lowest BCUT2D eigenvalue weighted by Crippen LogP contribution is -2.27. The Hall–Kier alpha value is -2.69. The molecule has 0 saturated carbocycles. The van der Waals surface area contributed by atoms with Crippen molar-refractivity contribution in [1.29, 1.82) is 0 Å². The van der Waals surface area contributed by atoms with Gasteiger partial charge in [0.15, 0.2) is 0 Å². The predicted octanol–water partition coefficient (Wildman–Crippen LogP) is 3.34. The average Bonchev–Trinajstić information content (AvgIpc) is 2.73. The van der Waals surface area contributed by atoms with E-state index in [4.69, 9.17) is 5.73 Å². The van der Waals surface area contributed by atoms with Crippen molar-refractivity contribution in [2.45, 2.75) is 27.3 Å². The molecular formula is C19H23N3O2. The first-order valence-corrected chi connectivity index (χ1v) is 7.95. The Labute approximate surface area is 141 Å². The number of phenolic OH excluding ortho intramolecular Hbond substituents is 1.